The van der Waals surface area contributed by atoms with Crippen LogP contribution in [-0.2, 0) is 4.74 Å². The summed E-state index contributed by atoms with van der Waals surface area (Å²) < 4.78 is 5.13. The second kappa shape index (κ2) is 7.59. The van der Waals surface area contributed by atoms with Crippen LogP contribution in [0.2, 0.25) is 0 Å². The van der Waals surface area contributed by atoms with Gasteiger partial charge < -0.3 is 20.3 Å². The molecule has 0 spiro atoms. The lowest BCUT2D eigenvalue weighted by atomic mass is 9.94. The zero-order valence-corrected chi connectivity index (χ0v) is 12.0. The number of aliphatic hydroxyl groups is 2. The number of amides is 1. The molecule has 0 saturated heterocycles. The van der Waals surface area contributed by atoms with Crippen molar-refractivity contribution in [2.45, 2.75) is 64.5 Å². The van der Waals surface area contributed by atoms with Crippen LogP contribution in [-0.4, -0.2) is 40.7 Å². The predicted molar refractivity (Wildman–Crippen MR) is 70.4 cm³/mol. The largest absolute Gasteiger partial charge is 0.444 e. The summed E-state index contributed by atoms with van der Waals surface area (Å²) in [4.78, 5) is 11.7. The molecule has 18 heavy (non-hydrogen) atoms. The SMILES string of the molecule is CCCCCC(CO)(CO)NC(=O)OC(C)(C)C. The lowest BCUT2D eigenvalue weighted by Crippen LogP contribution is -2.55. The maximum atomic E-state index is 11.7. The summed E-state index contributed by atoms with van der Waals surface area (Å²) in [6.07, 6.45) is 2.81. The standard InChI is InChI=1S/C13H27NO4/c1-5-6-7-8-13(9-15,10-16)14-11(17)18-12(2,3)4/h15-16H,5-10H2,1-4H3,(H,14,17). The van der Waals surface area contributed by atoms with Crippen molar-refractivity contribution < 1.29 is 19.7 Å². The van der Waals surface area contributed by atoms with Crippen molar-refractivity contribution in [3.05, 3.63) is 0 Å². The Morgan fingerprint density at radius 1 is 1.17 bits per heavy atom. The number of carbonyl (C=O) groups is 1. The zero-order chi connectivity index (χ0) is 14.2. The van der Waals surface area contributed by atoms with Gasteiger partial charge in [-0.25, -0.2) is 4.79 Å². The Morgan fingerprint density at radius 2 is 1.72 bits per heavy atom. The molecule has 0 radical (unpaired) electrons. The first-order chi connectivity index (χ1) is 8.28. The molecule has 0 aromatic carbocycles. The van der Waals surface area contributed by atoms with Crippen LogP contribution >= 0.6 is 0 Å². The number of hydrogen-bond donors (Lipinski definition) is 3. The van der Waals surface area contributed by atoms with E-state index in [1.165, 1.54) is 0 Å². The molecule has 0 heterocycles. The number of hydrogen-bond acceptors (Lipinski definition) is 4. The molecule has 0 aliphatic rings. The van der Waals surface area contributed by atoms with Crippen molar-refractivity contribution in [1.82, 2.24) is 5.32 Å². The van der Waals surface area contributed by atoms with E-state index in [9.17, 15) is 15.0 Å². The molecule has 0 saturated carbocycles. The normalized spacial score (nSPS) is 12.3. The highest BCUT2D eigenvalue weighted by Gasteiger charge is 2.32. The Bertz CT molecular complexity index is 244. The summed E-state index contributed by atoms with van der Waals surface area (Å²) in [5.41, 5.74) is -1.58. The molecular weight excluding hydrogens is 234 g/mol. The van der Waals surface area contributed by atoms with Gasteiger partial charge in [0.05, 0.1) is 18.8 Å². The summed E-state index contributed by atoms with van der Waals surface area (Å²) in [6.45, 7) is 6.77. The van der Waals surface area contributed by atoms with Gasteiger partial charge in [-0.05, 0) is 27.2 Å². The van der Waals surface area contributed by atoms with Crippen LogP contribution in [0.1, 0.15) is 53.4 Å². The minimum Gasteiger partial charge on any atom is -0.444 e. The Kier molecular flexibility index (Phi) is 7.25. The van der Waals surface area contributed by atoms with Crippen molar-refractivity contribution in [2.75, 3.05) is 13.2 Å². The Labute approximate surface area is 110 Å². The molecule has 0 aliphatic carbocycles. The Hall–Kier alpha value is -0.810. The average Bonchev–Trinajstić information content (AvgIpc) is 2.25. The fraction of sp³-hybridized carbons (Fsp3) is 0.923. The van der Waals surface area contributed by atoms with Crippen molar-refractivity contribution in [3.63, 3.8) is 0 Å². The van der Waals surface area contributed by atoms with E-state index in [1.807, 2.05) is 0 Å². The molecule has 0 rings (SSSR count). The van der Waals surface area contributed by atoms with Crippen molar-refractivity contribution in [2.24, 2.45) is 0 Å². The van der Waals surface area contributed by atoms with Crippen molar-refractivity contribution in [3.8, 4) is 0 Å². The fourth-order valence-electron chi connectivity index (χ4n) is 1.58. The molecular formula is C13H27NO4. The number of ether oxygens (including phenoxy) is 1. The van der Waals surface area contributed by atoms with Gasteiger partial charge in [0.15, 0.2) is 0 Å². The number of unbranched alkanes of at least 4 members (excludes halogenated alkanes) is 2. The van der Waals surface area contributed by atoms with Crippen LogP contribution in [0.15, 0.2) is 0 Å². The number of carbonyl (C=O) groups excluding carboxylic acids is 1. The van der Waals surface area contributed by atoms with Gasteiger partial charge in [0.25, 0.3) is 0 Å². The first-order valence-electron chi connectivity index (χ1n) is 6.51. The van der Waals surface area contributed by atoms with E-state index in [4.69, 9.17) is 4.74 Å². The van der Waals surface area contributed by atoms with Crippen LogP contribution in [0.3, 0.4) is 0 Å². The number of alkyl carbamates (subject to hydrolysis) is 1. The molecule has 3 N–H and O–H groups in total. The summed E-state index contributed by atoms with van der Waals surface area (Å²) in [7, 11) is 0. The number of nitrogens with one attached hydrogen (secondary N) is 1. The van der Waals surface area contributed by atoms with Gasteiger partial charge >= 0.3 is 6.09 Å². The van der Waals surface area contributed by atoms with E-state index in [-0.39, 0.29) is 13.2 Å². The third kappa shape index (κ3) is 6.81. The highest BCUT2D eigenvalue weighted by molar-refractivity contribution is 5.68. The third-order valence-electron chi connectivity index (χ3n) is 2.63. The first-order valence-corrected chi connectivity index (χ1v) is 6.51. The van der Waals surface area contributed by atoms with Gasteiger partial charge in [0.2, 0.25) is 0 Å². The van der Waals surface area contributed by atoms with Crippen LogP contribution in [0, 0.1) is 0 Å². The van der Waals surface area contributed by atoms with E-state index in [0.717, 1.165) is 19.3 Å². The average molecular weight is 261 g/mol. The van der Waals surface area contributed by atoms with E-state index >= 15 is 0 Å². The molecule has 0 aromatic heterocycles. The van der Waals surface area contributed by atoms with Crippen LogP contribution in [0.25, 0.3) is 0 Å². The molecule has 0 aromatic rings. The molecule has 0 unspecified atom stereocenters. The smallest absolute Gasteiger partial charge is 0.408 e. The van der Waals surface area contributed by atoms with Gasteiger partial charge in [-0.1, -0.05) is 26.2 Å². The van der Waals surface area contributed by atoms with Gasteiger partial charge in [0, 0.05) is 0 Å². The molecule has 0 fully saturated rings. The topological polar surface area (TPSA) is 78.8 Å². The molecule has 0 atom stereocenters. The van der Waals surface area contributed by atoms with Crippen LogP contribution in [0.5, 0.6) is 0 Å². The lowest BCUT2D eigenvalue weighted by molar-refractivity contribution is 0.0270. The molecule has 5 nitrogen and oxygen atoms in total. The fourth-order valence-corrected chi connectivity index (χ4v) is 1.58. The zero-order valence-electron chi connectivity index (χ0n) is 12.0. The van der Waals surface area contributed by atoms with E-state index in [2.05, 4.69) is 12.2 Å². The van der Waals surface area contributed by atoms with E-state index in [1.54, 1.807) is 20.8 Å². The Balaban J connectivity index is 4.45. The van der Waals surface area contributed by atoms with Gasteiger partial charge in [-0.2, -0.15) is 0 Å². The van der Waals surface area contributed by atoms with Crippen LogP contribution < -0.4 is 5.32 Å². The monoisotopic (exact) mass is 261 g/mol. The highest BCUT2D eigenvalue weighted by Crippen LogP contribution is 2.16. The van der Waals surface area contributed by atoms with Crippen molar-refractivity contribution in [1.29, 1.82) is 0 Å². The molecule has 0 aliphatic heterocycles. The maximum absolute atomic E-state index is 11.7. The molecule has 0 bridgehead atoms. The molecule has 108 valence electrons. The minimum absolute atomic E-state index is 0.299. The van der Waals surface area contributed by atoms with E-state index < -0.39 is 17.2 Å². The number of aliphatic hydroxyl groups excluding tert-OH is 2. The van der Waals surface area contributed by atoms with Crippen LogP contribution in [0.4, 0.5) is 4.79 Å². The lowest BCUT2D eigenvalue weighted by Gasteiger charge is -2.32. The maximum Gasteiger partial charge on any atom is 0.408 e. The second-order valence-corrected chi connectivity index (χ2v) is 5.68. The van der Waals surface area contributed by atoms with Crippen molar-refractivity contribution >= 4 is 6.09 Å². The Morgan fingerprint density at radius 3 is 2.11 bits per heavy atom. The summed E-state index contributed by atoms with van der Waals surface area (Å²) >= 11 is 0. The van der Waals surface area contributed by atoms with E-state index in [0.29, 0.717) is 6.42 Å². The minimum atomic E-state index is -0.989. The third-order valence-corrected chi connectivity index (χ3v) is 2.63. The van der Waals surface area contributed by atoms with Gasteiger partial charge in [-0.3, -0.25) is 0 Å². The summed E-state index contributed by atoms with van der Waals surface area (Å²) in [6, 6.07) is 0. The summed E-state index contributed by atoms with van der Waals surface area (Å²) in [5, 5.41) is 21.4. The first kappa shape index (κ1) is 17.2. The van der Waals surface area contributed by atoms with Gasteiger partial charge in [-0.15, -0.1) is 0 Å². The molecule has 1 amide bonds. The second-order valence-electron chi connectivity index (χ2n) is 5.68. The van der Waals surface area contributed by atoms with Gasteiger partial charge in [0.1, 0.15) is 5.60 Å². The molecule has 5 heteroatoms. The number of rotatable bonds is 7. The predicted octanol–water partition coefficient (Wildman–Crippen LogP) is 1.81. The summed E-state index contributed by atoms with van der Waals surface area (Å²) in [5.74, 6) is 0. The highest BCUT2D eigenvalue weighted by atomic mass is 16.6. The quantitative estimate of drug-likeness (QED) is 0.611.